The average Bonchev–Trinajstić information content (AvgIpc) is 3.34. The van der Waals surface area contributed by atoms with Gasteiger partial charge in [0.2, 0.25) is 5.52 Å². The molecule has 0 unspecified atom stereocenters. The molecular formula is C57H37N4+. The Labute approximate surface area is 352 Å². The number of aromatic nitrogens is 4. The maximum absolute atomic E-state index is 5.36. The Hall–Kier alpha value is -8.08. The highest BCUT2D eigenvalue weighted by Crippen LogP contribution is 2.37. The van der Waals surface area contributed by atoms with Gasteiger partial charge in [0.15, 0.2) is 6.20 Å². The molecule has 0 aliphatic rings. The average molecular weight is 778 g/mol. The SMILES string of the molecule is C[n+]1cc(-c2cccc(-c3cccc(-c4cccc(-c5cccc(-c6cnc7c8ccccc8c8ccccc8c7n6)c5)c4)c3)c2)nc2c3ccccc3c3ccccc3c21. The molecular weight excluding hydrogens is 741 g/mol. The highest BCUT2D eigenvalue weighted by molar-refractivity contribution is 6.24. The Kier molecular flexibility index (Phi) is 8.04. The van der Waals surface area contributed by atoms with Gasteiger partial charge >= 0.3 is 0 Å². The lowest BCUT2D eigenvalue weighted by Gasteiger charge is -2.12. The topological polar surface area (TPSA) is 42.5 Å². The molecule has 2 heterocycles. The number of nitrogens with zero attached hydrogens (tertiary/aromatic N) is 4. The van der Waals surface area contributed by atoms with Gasteiger partial charge in [-0.3, -0.25) is 4.98 Å². The van der Waals surface area contributed by atoms with E-state index in [9.17, 15) is 0 Å². The second-order valence-electron chi connectivity index (χ2n) is 15.9. The predicted molar refractivity (Wildman–Crippen MR) is 253 cm³/mol. The Balaban J connectivity index is 0.887. The van der Waals surface area contributed by atoms with Crippen molar-refractivity contribution in [3.63, 3.8) is 0 Å². The molecule has 0 bridgehead atoms. The van der Waals surface area contributed by atoms with Gasteiger partial charge in [0.1, 0.15) is 18.3 Å². The first-order valence-corrected chi connectivity index (χ1v) is 20.7. The van der Waals surface area contributed by atoms with E-state index < -0.39 is 0 Å². The number of benzene rings is 10. The van der Waals surface area contributed by atoms with E-state index in [-0.39, 0.29) is 0 Å². The molecule has 10 aromatic carbocycles. The van der Waals surface area contributed by atoms with Gasteiger partial charge in [0, 0.05) is 27.3 Å². The van der Waals surface area contributed by atoms with Crippen LogP contribution in [-0.2, 0) is 7.05 Å². The predicted octanol–water partition coefficient (Wildman–Crippen LogP) is 14.0. The zero-order chi connectivity index (χ0) is 40.4. The third kappa shape index (κ3) is 5.83. The lowest BCUT2D eigenvalue weighted by Crippen LogP contribution is -2.29. The molecule has 0 N–H and O–H groups in total. The first kappa shape index (κ1) is 34.9. The Bertz CT molecular complexity index is 3700. The molecule has 0 saturated heterocycles. The zero-order valence-electron chi connectivity index (χ0n) is 33.4. The van der Waals surface area contributed by atoms with Crippen LogP contribution in [0.25, 0.3) is 121 Å². The first-order valence-electron chi connectivity index (χ1n) is 20.7. The van der Waals surface area contributed by atoms with Gasteiger partial charge in [0.05, 0.1) is 28.3 Å². The van der Waals surface area contributed by atoms with Crippen LogP contribution < -0.4 is 4.57 Å². The van der Waals surface area contributed by atoms with Crippen LogP contribution in [-0.4, -0.2) is 15.0 Å². The summed E-state index contributed by atoms with van der Waals surface area (Å²) in [6.07, 6.45) is 4.08. The largest absolute Gasteiger partial charge is 0.252 e. The van der Waals surface area contributed by atoms with E-state index >= 15 is 0 Å². The third-order valence-corrected chi connectivity index (χ3v) is 12.2. The summed E-state index contributed by atoms with van der Waals surface area (Å²) in [5.74, 6) is 0. The van der Waals surface area contributed by atoms with Crippen molar-refractivity contribution < 1.29 is 4.57 Å². The Morgan fingerprint density at radius 3 is 1.15 bits per heavy atom. The lowest BCUT2D eigenvalue weighted by molar-refractivity contribution is -0.643. The van der Waals surface area contributed by atoms with E-state index in [1.54, 1.807) is 0 Å². The molecule has 2 aromatic heterocycles. The summed E-state index contributed by atoms with van der Waals surface area (Å²) in [4.78, 5) is 15.6. The molecule has 0 aliphatic heterocycles. The molecule has 0 amide bonds. The quantitative estimate of drug-likeness (QED) is 0.129. The minimum Gasteiger partial charge on any atom is -0.252 e. The summed E-state index contributed by atoms with van der Waals surface area (Å²) in [7, 11) is 2.13. The number of hydrogen-bond acceptors (Lipinski definition) is 3. The summed E-state index contributed by atoms with van der Waals surface area (Å²) < 4.78 is 2.24. The molecule has 0 saturated carbocycles. The maximum atomic E-state index is 5.36. The van der Waals surface area contributed by atoms with Crippen LogP contribution in [0, 0.1) is 0 Å². The molecule has 0 atom stereocenters. The number of rotatable bonds is 5. The Morgan fingerprint density at radius 2 is 0.656 bits per heavy atom. The van der Waals surface area contributed by atoms with Crippen LogP contribution in [0.4, 0.5) is 0 Å². The second-order valence-corrected chi connectivity index (χ2v) is 15.9. The highest BCUT2D eigenvalue weighted by atomic mass is 15.0. The molecule has 12 rings (SSSR count). The van der Waals surface area contributed by atoms with E-state index in [0.29, 0.717) is 0 Å². The molecule has 12 aromatic rings. The molecule has 4 nitrogen and oxygen atoms in total. The second kappa shape index (κ2) is 14.0. The van der Waals surface area contributed by atoms with Gasteiger partial charge in [0.25, 0.3) is 0 Å². The fourth-order valence-corrected chi connectivity index (χ4v) is 9.35. The summed E-state index contributed by atoms with van der Waals surface area (Å²) in [5.41, 5.74) is 14.8. The first-order chi connectivity index (χ1) is 30.1. The van der Waals surface area contributed by atoms with Crippen LogP contribution in [0.3, 0.4) is 0 Å². The number of aryl methyl sites for hydroxylation is 1. The van der Waals surface area contributed by atoms with Gasteiger partial charge in [-0.15, -0.1) is 0 Å². The van der Waals surface area contributed by atoms with Crippen LogP contribution in [0.2, 0.25) is 0 Å². The Morgan fingerprint density at radius 1 is 0.311 bits per heavy atom. The van der Waals surface area contributed by atoms with Crippen LogP contribution in [0.15, 0.2) is 207 Å². The van der Waals surface area contributed by atoms with Gasteiger partial charge in [-0.25, -0.2) is 9.97 Å². The van der Waals surface area contributed by atoms with Crippen molar-refractivity contribution in [2.45, 2.75) is 0 Å². The van der Waals surface area contributed by atoms with E-state index in [2.05, 4.69) is 212 Å². The van der Waals surface area contributed by atoms with E-state index in [1.165, 1.54) is 26.9 Å². The summed E-state index contributed by atoms with van der Waals surface area (Å²) in [6, 6.07) is 69.3. The van der Waals surface area contributed by atoms with Gasteiger partial charge in [-0.2, -0.15) is 4.57 Å². The minimum atomic E-state index is 0.857. The number of fused-ring (bicyclic) bond motifs is 12. The van der Waals surface area contributed by atoms with Crippen molar-refractivity contribution in [2.24, 2.45) is 7.05 Å². The van der Waals surface area contributed by atoms with Gasteiger partial charge in [-0.1, -0.05) is 164 Å². The zero-order valence-corrected chi connectivity index (χ0v) is 33.4. The summed E-state index contributed by atoms with van der Waals surface area (Å²) >= 11 is 0. The van der Waals surface area contributed by atoms with Crippen molar-refractivity contribution in [1.29, 1.82) is 0 Å². The monoisotopic (exact) mass is 777 g/mol. The van der Waals surface area contributed by atoms with Crippen molar-refractivity contribution >= 4 is 65.2 Å². The fraction of sp³-hybridized carbons (Fsp3) is 0.0175. The van der Waals surface area contributed by atoms with E-state index in [1.807, 2.05) is 6.20 Å². The highest BCUT2D eigenvalue weighted by Gasteiger charge is 2.19. The van der Waals surface area contributed by atoms with Crippen LogP contribution in [0.5, 0.6) is 0 Å². The van der Waals surface area contributed by atoms with Crippen LogP contribution in [0.1, 0.15) is 0 Å². The van der Waals surface area contributed by atoms with Crippen molar-refractivity contribution in [3.05, 3.63) is 207 Å². The molecule has 284 valence electrons. The smallest absolute Gasteiger partial charge is 0.239 e. The lowest BCUT2D eigenvalue weighted by atomic mass is 9.95. The van der Waals surface area contributed by atoms with Crippen molar-refractivity contribution in [1.82, 2.24) is 15.0 Å². The van der Waals surface area contributed by atoms with Crippen LogP contribution >= 0.6 is 0 Å². The standard InChI is InChI=1S/C57H37N4/c1-61-35-53(60-56-50-28-8-4-24-46(50)47-25-5-9-29-51(47)57(56)61)43-21-13-19-41(33-43)39-17-11-15-37(31-39)36-14-10-16-38(30-36)40-18-12-20-42(32-40)52-34-58-54-48-26-6-2-22-44(48)45-23-3-7-27-49(45)55(54)59-52/h2-35H,1H3/q+1. The normalized spacial score (nSPS) is 11.7. The van der Waals surface area contributed by atoms with Gasteiger partial charge < -0.3 is 0 Å². The molecule has 4 heteroatoms. The molecule has 0 fully saturated rings. The summed E-state index contributed by atoms with van der Waals surface area (Å²) in [6.45, 7) is 0. The fourth-order valence-electron chi connectivity index (χ4n) is 9.35. The van der Waals surface area contributed by atoms with Crippen molar-refractivity contribution in [2.75, 3.05) is 0 Å². The summed E-state index contributed by atoms with van der Waals surface area (Å²) in [5, 5.41) is 9.47. The van der Waals surface area contributed by atoms with E-state index in [4.69, 9.17) is 15.0 Å². The molecule has 0 radical (unpaired) electrons. The van der Waals surface area contributed by atoms with E-state index in [0.717, 1.165) is 94.1 Å². The minimum absolute atomic E-state index is 0.857. The molecule has 0 spiro atoms. The molecule has 0 aliphatic carbocycles. The maximum Gasteiger partial charge on any atom is 0.239 e. The number of hydrogen-bond donors (Lipinski definition) is 0. The van der Waals surface area contributed by atoms with Gasteiger partial charge in [-0.05, 0) is 85.3 Å². The third-order valence-electron chi connectivity index (χ3n) is 12.2. The molecule has 61 heavy (non-hydrogen) atoms. The van der Waals surface area contributed by atoms with Crippen molar-refractivity contribution in [3.8, 4) is 55.9 Å².